The molecule has 3 heteroatoms. The van der Waals surface area contributed by atoms with Crippen LogP contribution in [0.4, 0.5) is 0 Å². The molecule has 0 radical (unpaired) electrons. The van der Waals surface area contributed by atoms with E-state index in [0.29, 0.717) is 6.04 Å². The largest absolute Gasteiger partial charge is 0.327 e. The Labute approximate surface area is 116 Å². The van der Waals surface area contributed by atoms with E-state index in [1.165, 1.54) is 50.5 Å². The van der Waals surface area contributed by atoms with E-state index < -0.39 is 0 Å². The number of hydrogen-bond donors (Lipinski definition) is 1. The maximum atomic E-state index is 6.47. The molecule has 1 aromatic rings. The third-order valence-electron chi connectivity index (χ3n) is 5.42. The Balaban J connectivity index is 1.56. The van der Waals surface area contributed by atoms with Gasteiger partial charge in [-0.25, -0.2) is 0 Å². The van der Waals surface area contributed by atoms with Crippen molar-refractivity contribution in [1.29, 1.82) is 0 Å². The standard InChI is InChI=1S/C16H27N3/c1-19-11-12(10-18-19)8-16(17)15-7-6-13-4-2-3-5-14(13)9-15/h10-11,13-16H,2-9,17H2,1H3. The molecule has 4 atom stereocenters. The molecule has 2 aliphatic carbocycles. The average Bonchev–Trinajstić information content (AvgIpc) is 2.83. The summed E-state index contributed by atoms with van der Waals surface area (Å²) >= 11 is 0. The molecule has 2 aliphatic rings. The highest BCUT2D eigenvalue weighted by Gasteiger charge is 2.34. The molecule has 3 nitrogen and oxygen atoms in total. The van der Waals surface area contributed by atoms with Crippen LogP contribution >= 0.6 is 0 Å². The van der Waals surface area contributed by atoms with Crippen LogP contribution < -0.4 is 5.73 Å². The third-order valence-corrected chi connectivity index (χ3v) is 5.42. The number of aromatic nitrogens is 2. The first kappa shape index (κ1) is 13.2. The van der Waals surface area contributed by atoms with Crippen molar-refractivity contribution in [3.05, 3.63) is 18.0 Å². The zero-order valence-corrected chi connectivity index (χ0v) is 12.1. The minimum absolute atomic E-state index is 0.326. The van der Waals surface area contributed by atoms with E-state index in [2.05, 4.69) is 11.3 Å². The van der Waals surface area contributed by atoms with Gasteiger partial charge in [0.25, 0.3) is 0 Å². The van der Waals surface area contributed by atoms with Crippen molar-refractivity contribution >= 4 is 0 Å². The number of rotatable bonds is 3. The van der Waals surface area contributed by atoms with E-state index in [1.807, 2.05) is 17.9 Å². The summed E-state index contributed by atoms with van der Waals surface area (Å²) in [6.07, 6.45) is 15.1. The number of nitrogens with zero attached hydrogens (tertiary/aromatic N) is 2. The quantitative estimate of drug-likeness (QED) is 0.909. The fourth-order valence-electron chi connectivity index (χ4n) is 4.31. The highest BCUT2D eigenvalue weighted by atomic mass is 15.2. The van der Waals surface area contributed by atoms with Gasteiger partial charge in [0.05, 0.1) is 6.20 Å². The normalized spacial score (nSPS) is 32.8. The second kappa shape index (κ2) is 5.66. The van der Waals surface area contributed by atoms with Crippen molar-refractivity contribution in [3.63, 3.8) is 0 Å². The summed E-state index contributed by atoms with van der Waals surface area (Å²) < 4.78 is 1.88. The van der Waals surface area contributed by atoms with E-state index in [9.17, 15) is 0 Å². The second-order valence-electron chi connectivity index (χ2n) is 6.77. The lowest BCUT2D eigenvalue weighted by atomic mass is 9.66. The summed E-state index contributed by atoms with van der Waals surface area (Å²) in [6, 6.07) is 0.326. The smallest absolute Gasteiger partial charge is 0.0522 e. The number of fused-ring (bicyclic) bond motifs is 1. The zero-order chi connectivity index (χ0) is 13.2. The van der Waals surface area contributed by atoms with Gasteiger partial charge in [0, 0.05) is 19.3 Å². The van der Waals surface area contributed by atoms with E-state index >= 15 is 0 Å². The third kappa shape index (κ3) is 3.02. The van der Waals surface area contributed by atoms with Crippen LogP contribution in [-0.2, 0) is 13.5 Å². The molecule has 0 aliphatic heterocycles. The lowest BCUT2D eigenvalue weighted by molar-refractivity contribution is 0.117. The Bertz CT molecular complexity index is 412. The van der Waals surface area contributed by atoms with Gasteiger partial charge in [-0.2, -0.15) is 5.10 Å². The molecule has 1 heterocycles. The summed E-state index contributed by atoms with van der Waals surface area (Å²) in [4.78, 5) is 0. The van der Waals surface area contributed by atoms with Crippen molar-refractivity contribution < 1.29 is 0 Å². The Kier molecular flexibility index (Phi) is 3.92. The average molecular weight is 261 g/mol. The highest BCUT2D eigenvalue weighted by molar-refractivity contribution is 5.06. The van der Waals surface area contributed by atoms with Crippen LogP contribution in [0.3, 0.4) is 0 Å². The number of hydrogen-bond acceptors (Lipinski definition) is 2. The van der Waals surface area contributed by atoms with Crippen LogP contribution in [0.15, 0.2) is 12.4 Å². The molecule has 4 unspecified atom stereocenters. The predicted octanol–water partition coefficient (Wildman–Crippen LogP) is 2.90. The van der Waals surface area contributed by atoms with Crippen molar-refractivity contribution in [2.24, 2.45) is 30.5 Å². The minimum atomic E-state index is 0.326. The van der Waals surface area contributed by atoms with Gasteiger partial charge in [0.15, 0.2) is 0 Å². The second-order valence-corrected chi connectivity index (χ2v) is 6.77. The summed E-state index contributed by atoms with van der Waals surface area (Å²) in [5.74, 6) is 2.74. The molecular formula is C16H27N3. The first-order chi connectivity index (χ1) is 9.22. The fourth-order valence-corrected chi connectivity index (χ4v) is 4.31. The van der Waals surface area contributed by atoms with Gasteiger partial charge in [0.2, 0.25) is 0 Å². The lowest BCUT2D eigenvalue weighted by Crippen LogP contribution is -2.38. The lowest BCUT2D eigenvalue weighted by Gasteiger charge is -2.41. The van der Waals surface area contributed by atoms with Crippen molar-refractivity contribution in [2.75, 3.05) is 0 Å². The summed E-state index contributed by atoms with van der Waals surface area (Å²) in [5.41, 5.74) is 7.77. The molecule has 19 heavy (non-hydrogen) atoms. The predicted molar refractivity (Wildman–Crippen MR) is 77.7 cm³/mol. The summed E-state index contributed by atoms with van der Waals surface area (Å²) in [6.45, 7) is 0. The van der Waals surface area contributed by atoms with Gasteiger partial charge >= 0.3 is 0 Å². The van der Waals surface area contributed by atoms with Gasteiger partial charge < -0.3 is 5.73 Å². The maximum Gasteiger partial charge on any atom is 0.0522 e. The number of aryl methyl sites for hydroxylation is 1. The van der Waals surface area contributed by atoms with E-state index in [0.717, 1.165) is 24.2 Å². The van der Waals surface area contributed by atoms with Crippen LogP contribution in [0.1, 0.15) is 50.5 Å². The molecule has 0 spiro atoms. The van der Waals surface area contributed by atoms with E-state index in [-0.39, 0.29) is 0 Å². The van der Waals surface area contributed by atoms with Crippen molar-refractivity contribution in [3.8, 4) is 0 Å². The minimum Gasteiger partial charge on any atom is -0.327 e. The fraction of sp³-hybridized carbons (Fsp3) is 0.812. The molecule has 2 N–H and O–H groups in total. The molecular weight excluding hydrogens is 234 g/mol. The Morgan fingerprint density at radius 1 is 1.26 bits per heavy atom. The maximum absolute atomic E-state index is 6.47. The van der Waals surface area contributed by atoms with Crippen molar-refractivity contribution in [2.45, 2.75) is 57.4 Å². The van der Waals surface area contributed by atoms with Crippen LogP contribution in [0.25, 0.3) is 0 Å². The summed E-state index contributed by atoms with van der Waals surface area (Å²) in [7, 11) is 1.97. The summed E-state index contributed by atoms with van der Waals surface area (Å²) in [5, 5.41) is 4.24. The van der Waals surface area contributed by atoms with Gasteiger partial charge in [-0.15, -0.1) is 0 Å². The molecule has 106 valence electrons. The van der Waals surface area contributed by atoms with E-state index in [1.54, 1.807) is 0 Å². The highest BCUT2D eigenvalue weighted by Crippen LogP contribution is 2.43. The van der Waals surface area contributed by atoms with Crippen LogP contribution in [0.2, 0.25) is 0 Å². The Morgan fingerprint density at radius 3 is 2.79 bits per heavy atom. The molecule has 1 aromatic heterocycles. The van der Waals surface area contributed by atoms with Crippen molar-refractivity contribution in [1.82, 2.24) is 9.78 Å². The van der Waals surface area contributed by atoms with Gasteiger partial charge in [-0.05, 0) is 49.0 Å². The monoisotopic (exact) mass is 261 g/mol. The first-order valence-corrected chi connectivity index (χ1v) is 7.95. The Morgan fingerprint density at radius 2 is 2.05 bits per heavy atom. The van der Waals surface area contributed by atoms with Gasteiger partial charge in [-0.1, -0.05) is 25.7 Å². The SMILES string of the molecule is Cn1cc(CC(N)C2CCC3CCCCC3C2)cn1. The molecule has 0 bridgehead atoms. The Hall–Kier alpha value is -0.830. The molecule has 0 amide bonds. The van der Waals surface area contributed by atoms with E-state index in [4.69, 9.17) is 5.73 Å². The van der Waals surface area contributed by atoms with Gasteiger partial charge in [0.1, 0.15) is 0 Å². The molecule has 0 aromatic carbocycles. The van der Waals surface area contributed by atoms with Gasteiger partial charge in [-0.3, -0.25) is 4.68 Å². The van der Waals surface area contributed by atoms with Crippen LogP contribution in [0, 0.1) is 17.8 Å². The number of nitrogens with two attached hydrogens (primary N) is 1. The topological polar surface area (TPSA) is 43.8 Å². The zero-order valence-electron chi connectivity index (χ0n) is 12.1. The molecule has 0 saturated heterocycles. The van der Waals surface area contributed by atoms with Crippen LogP contribution in [-0.4, -0.2) is 15.8 Å². The van der Waals surface area contributed by atoms with Crippen LogP contribution in [0.5, 0.6) is 0 Å². The molecule has 3 rings (SSSR count). The first-order valence-electron chi connectivity index (χ1n) is 7.95. The molecule has 2 fully saturated rings. The molecule has 2 saturated carbocycles.